The molecular weight excluding hydrogens is 450 g/mol. The molecular formula is C23H26F2N4O3S. The smallest absolute Gasteiger partial charge is 0.243 e. The summed E-state index contributed by atoms with van der Waals surface area (Å²) in [6.07, 6.45) is 0.666. The Morgan fingerprint density at radius 1 is 1.12 bits per heavy atom. The van der Waals surface area contributed by atoms with Crippen molar-refractivity contribution in [3.63, 3.8) is 0 Å². The number of nitrogens with zero attached hydrogens (tertiary/aromatic N) is 2. The zero-order chi connectivity index (χ0) is 23.8. The van der Waals surface area contributed by atoms with Crippen molar-refractivity contribution in [2.24, 2.45) is 11.8 Å². The SMILES string of the molecule is CC(C)[C@H](NC(=O)C1CCN(S(=O)(=O)c2ccc(F)c(F)c2)CC1)c1nc2ccccc2[nH]1. The van der Waals surface area contributed by atoms with Crippen LogP contribution in [0.5, 0.6) is 0 Å². The molecule has 0 unspecified atom stereocenters. The highest BCUT2D eigenvalue weighted by atomic mass is 32.2. The number of nitrogens with one attached hydrogen (secondary N) is 2. The van der Waals surface area contributed by atoms with Gasteiger partial charge in [0.2, 0.25) is 15.9 Å². The van der Waals surface area contributed by atoms with Gasteiger partial charge in [-0.05, 0) is 49.1 Å². The Morgan fingerprint density at radius 2 is 1.82 bits per heavy atom. The van der Waals surface area contributed by atoms with Gasteiger partial charge in [0.25, 0.3) is 0 Å². The Morgan fingerprint density at radius 3 is 2.45 bits per heavy atom. The highest BCUT2D eigenvalue weighted by Crippen LogP contribution is 2.27. The predicted octanol–water partition coefficient (Wildman–Crippen LogP) is 3.76. The number of rotatable bonds is 6. The minimum Gasteiger partial charge on any atom is -0.346 e. The number of hydrogen-bond donors (Lipinski definition) is 2. The molecule has 2 heterocycles. The van der Waals surface area contributed by atoms with Gasteiger partial charge in [0, 0.05) is 19.0 Å². The van der Waals surface area contributed by atoms with Crippen molar-refractivity contribution >= 4 is 27.0 Å². The number of H-pyrrole nitrogens is 1. The second-order valence-electron chi connectivity index (χ2n) is 8.62. The number of carbonyl (C=O) groups is 1. The maximum Gasteiger partial charge on any atom is 0.243 e. The number of amides is 1. The second-order valence-corrected chi connectivity index (χ2v) is 10.6. The van der Waals surface area contributed by atoms with E-state index in [-0.39, 0.29) is 41.8 Å². The van der Waals surface area contributed by atoms with Crippen molar-refractivity contribution in [3.8, 4) is 0 Å². The number of para-hydroxylation sites is 2. The van der Waals surface area contributed by atoms with E-state index in [4.69, 9.17) is 0 Å². The molecule has 0 bridgehead atoms. The number of aromatic nitrogens is 2. The first-order valence-corrected chi connectivity index (χ1v) is 12.3. The van der Waals surface area contributed by atoms with E-state index < -0.39 is 21.7 Å². The van der Waals surface area contributed by atoms with Crippen LogP contribution in [-0.2, 0) is 14.8 Å². The minimum atomic E-state index is -3.96. The molecule has 1 saturated heterocycles. The first-order chi connectivity index (χ1) is 15.7. The minimum absolute atomic E-state index is 0.0864. The number of piperidine rings is 1. The monoisotopic (exact) mass is 476 g/mol. The zero-order valence-electron chi connectivity index (χ0n) is 18.4. The summed E-state index contributed by atoms with van der Waals surface area (Å²) in [5, 5.41) is 3.07. The lowest BCUT2D eigenvalue weighted by molar-refractivity contribution is -0.127. The molecule has 1 atom stereocenters. The molecule has 1 fully saturated rings. The van der Waals surface area contributed by atoms with E-state index in [9.17, 15) is 22.0 Å². The number of carbonyl (C=O) groups excluding carboxylic acids is 1. The van der Waals surface area contributed by atoms with Crippen LogP contribution in [0.15, 0.2) is 47.4 Å². The second kappa shape index (κ2) is 9.18. The van der Waals surface area contributed by atoms with Crippen LogP contribution in [0.25, 0.3) is 11.0 Å². The van der Waals surface area contributed by atoms with Crippen LogP contribution < -0.4 is 5.32 Å². The maximum absolute atomic E-state index is 13.5. The van der Waals surface area contributed by atoms with Crippen molar-refractivity contribution in [2.75, 3.05) is 13.1 Å². The summed E-state index contributed by atoms with van der Waals surface area (Å²) >= 11 is 0. The van der Waals surface area contributed by atoms with Gasteiger partial charge in [-0.15, -0.1) is 0 Å². The van der Waals surface area contributed by atoms with Crippen LogP contribution in [0.2, 0.25) is 0 Å². The van der Waals surface area contributed by atoms with Gasteiger partial charge in [-0.2, -0.15) is 4.31 Å². The summed E-state index contributed by atoms with van der Waals surface area (Å²) in [5.41, 5.74) is 1.71. The fourth-order valence-corrected chi connectivity index (χ4v) is 5.57. The molecule has 2 aromatic carbocycles. The summed E-state index contributed by atoms with van der Waals surface area (Å²) in [4.78, 5) is 20.6. The molecule has 10 heteroatoms. The summed E-state index contributed by atoms with van der Waals surface area (Å²) in [5.74, 6) is -2.06. The van der Waals surface area contributed by atoms with Gasteiger partial charge in [-0.1, -0.05) is 26.0 Å². The summed E-state index contributed by atoms with van der Waals surface area (Å²) in [6.45, 7) is 4.23. The number of imidazole rings is 1. The Kier molecular flexibility index (Phi) is 6.49. The number of benzene rings is 2. The molecule has 0 saturated carbocycles. The van der Waals surface area contributed by atoms with E-state index in [1.54, 1.807) is 0 Å². The van der Waals surface area contributed by atoms with Gasteiger partial charge in [0.15, 0.2) is 11.6 Å². The molecule has 2 N–H and O–H groups in total. The van der Waals surface area contributed by atoms with Crippen molar-refractivity contribution in [3.05, 3.63) is 59.9 Å². The molecule has 0 spiro atoms. The molecule has 1 aromatic heterocycles. The average molecular weight is 477 g/mol. The Hall–Kier alpha value is -2.85. The molecule has 1 aliphatic heterocycles. The van der Waals surface area contributed by atoms with Crippen molar-refractivity contribution in [1.29, 1.82) is 0 Å². The van der Waals surface area contributed by atoms with E-state index in [0.717, 1.165) is 23.2 Å². The van der Waals surface area contributed by atoms with Gasteiger partial charge in [-0.3, -0.25) is 4.79 Å². The van der Waals surface area contributed by atoms with Gasteiger partial charge in [-0.25, -0.2) is 22.2 Å². The lowest BCUT2D eigenvalue weighted by Crippen LogP contribution is -2.44. The normalized spacial score (nSPS) is 16.9. The lowest BCUT2D eigenvalue weighted by Gasteiger charge is -2.31. The quantitative estimate of drug-likeness (QED) is 0.566. The molecule has 7 nitrogen and oxygen atoms in total. The van der Waals surface area contributed by atoms with Crippen LogP contribution in [0.1, 0.15) is 38.6 Å². The largest absolute Gasteiger partial charge is 0.346 e. The third-order valence-corrected chi connectivity index (χ3v) is 7.91. The van der Waals surface area contributed by atoms with E-state index in [1.165, 1.54) is 4.31 Å². The third kappa shape index (κ3) is 4.77. The first kappa shape index (κ1) is 23.3. The maximum atomic E-state index is 13.5. The molecule has 4 rings (SSSR count). The van der Waals surface area contributed by atoms with Gasteiger partial charge >= 0.3 is 0 Å². The zero-order valence-corrected chi connectivity index (χ0v) is 19.2. The molecule has 1 aliphatic rings. The van der Waals surface area contributed by atoms with Crippen LogP contribution in [-0.4, -0.2) is 41.7 Å². The van der Waals surface area contributed by atoms with E-state index >= 15 is 0 Å². The van der Waals surface area contributed by atoms with Crippen molar-refractivity contribution in [1.82, 2.24) is 19.6 Å². The lowest BCUT2D eigenvalue weighted by atomic mass is 9.95. The summed E-state index contributed by atoms with van der Waals surface area (Å²) in [6, 6.07) is 9.86. The Labute approximate surface area is 191 Å². The molecule has 0 radical (unpaired) electrons. The van der Waals surface area contributed by atoms with E-state index in [2.05, 4.69) is 15.3 Å². The van der Waals surface area contributed by atoms with E-state index in [1.807, 2.05) is 38.1 Å². The fraction of sp³-hybridized carbons (Fsp3) is 0.391. The Balaban J connectivity index is 1.42. The predicted molar refractivity (Wildman–Crippen MR) is 120 cm³/mol. The first-order valence-electron chi connectivity index (χ1n) is 10.9. The van der Waals surface area contributed by atoms with Gasteiger partial charge < -0.3 is 10.3 Å². The highest BCUT2D eigenvalue weighted by Gasteiger charge is 2.34. The summed E-state index contributed by atoms with van der Waals surface area (Å²) in [7, 11) is -3.96. The number of aromatic amines is 1. The standard InChI is InChI=1S/C23H26F2N4O3S/c1-14(2)21(22-26-19-5-3-4-6-20(19)27-22)28-23(30)15-9-11-29(12-10-15)33(31,32)16-7-8-17(24)18(25)13-16/h3-8,13-15,21H,9-12H2,1-2H3,(H,26,27)(H,28,30)/t21-/m0/s1. The van der Waals surface area contributed by atoms with Crippen LogP contribution in [0.4, 0.5) is 8.78 Å². The molecule has 3 aromatic rings. The topological polar surface area (TPSA) is 95.2 Å². The van der Waals surface area contributed by atoms with Crippen LogP contribution >= 0.6 is 0 Å². The van der Waals surface area contributed by atoms with Gasteiger partial charge in [0.1, 0.15) is 5.82 Å². The van der Waals surface area contributed by atoms with Gasteiger partial charge in [0.05, 0.1) is 22.0 Å². The molecule has 176 valence electrons. The van der Waals surface area contributed by atoms with Crippen molar-refractivity contribution < 1.29 is 22.0 Å². The van der Waals surface area contributed by atoms with Crippen LogP contribution in [0, 0.1) is 23.5 Å². The third-order valence-electron chi connectivity index (χ3n) is 6.02. The highest BCUT2D eigenvalue weighted by molar-refractivity contribution is 7.89. The summed E-state index contributed by atoms with van der Waals surface area (Å²) < 4.78 is 53.5. The Bertz CT molecular complexity index is 1230. The van der Waals surface area contributed by atoms with Crippen LogP contribution in [0.3, 0.4) is 0 Å². The van der Waals surface area contributed by atoms with E-state index in [0.29, 0.717) is 24.7 Å². The number of sulfonamides is 1. The fourth-order valence-electron chi connectivity index (χ4n) is 4.09. The number of fused-ring (bicyclic) bond motifs is 1. The average Bonchev–Trinajstić information content (AvgIpc) is 3.22. The molecule has 0 aliphatic carbocycles. The number of halogens is 2. The molecule has 1 amide bonds. The molecule has 33 heavy (non-hydrogen) atoms. The van der Waals surface area contributed by atoms with Crippen molar-refractivity contribution in [2.45, 2.75) is 37.6 Å². The number of hydrogen-bond acceptors (Lipinski definition) is 4.